The molecule has 0 bridgehead atoms. The largest absolute Gasteiger partial charge is 0.265 e. The predicted molar refractivity (Wildman–Crippen MR) is 72.3 cm³/mol. The van der Waals surface area contributed by atoms with Gasteiger partial charge in [0.25, 0.3) is 0 Å². The van der Waals surface area contributed by atoms with Crippen molar-refractivity contribution in [1.82, 2.24) is 9.97 Å². The number of hydrogen-bond acceptors (Lipinski definition) is 2. The molecule has 0 N–H and O–H groups in total. The number of hydrogen-bond donors (Lipinski definition) is 0. The lowest BCUT2D eigenvalue weighted by Crippen LogP contribution is -2.30. The van der Waals surface area contributed by atoms with Crippen molar-refractivity contribution in [1.29, 1.82) is 0 Å². The summed E-state index contributed by atoms with van der Waals surface area (Å²) in [4.78, 5) is 8.31. The minimum Gasteiger partial charge on any atom is -0.265 e. The van der Waals surface area contributed by atoms with Crippen LogP contribution in [0.25, 0.3) is 0 Å². The van der Waals surface area contributed by atoms with Gasteiger partial charge in [0.1, 0.15) is 0 Å². The SMILES string of the molecule is c1cc(C2(c3ccncc3)CCCCC2)ccn1. The molecule has 1 saturated carbocycles. The van der Waals surface area contributed by atoms with Crippen LogP contribution in [-0.4, -0.2) is 9.97 Å². The van der Waals surface area contributed by atoms with Gasteiger partial charge in [-0.2, -0.15) is 0 Å². The van der Waals surface area contributed by atoms with Crippen molar-refractivity contribution in [3.8, 4) is 0 Å². The Morgan fingerprint density at radius 3 is 1.56 bits per heavy atom. The van der Waals surface area contributed by atoms with E-state index < -0.39 is 0 Å². The molecule has 0 unspecified atom stereocenters. The fourth-order valence-corrected chi connectivity index (χ4v) is 3.24. The molecule has 0 aliphatic heterocycles. The molecule has 1 aliphatic rings. The molecule has 2 heterocycles. The Morgan fingerprint density at radius 1 is 0.667 bits per heavy atom. The molecule has 0 atom stereocenters. The Kier molecular flexibility index (Phi) is 3.09. The number of rotatable bonds is 2. The highest BCUT2D eigenvalue weighted by Gasteiger charge is 2.35. The van der Waals surface area contributed by atoms with Crippen molar-refractivity contribution in [3.63, 3.8) is 0 Å². The third kappa shape index (κ3) is 1.92. The Hall–Kier alpha value is -1.70. The lowest BCUT2D eigenvalue weighted by Gasteiger charge is -2.38. The Balaban J connectivity index is 2.10. The van der Waals surface area contributed by atoms with Crippen molar-refractivity contribution >= 4 is 0 Å². The number of nitrogens with zero attached hydrogens (tertiary/aromatic N) is 2. The van der Waals surface area contributed by atoms with Gasteiger partial charge in [0, 0.05) is 30.2 Å². The smallest absolute Gasteiger partial charge is 0.0270 e. The predicted octanol–water partition coefficient (Wildman–Crippen LogP) is 3.73. The van der Waals surface area contributed by atoms with Gasteiger partial charge in [-0.1, -0.05) is 19.3 Å². The van der Waals surface area contributed by atoms with Gasteiger partial charge in [-0.3, -0.25) is 9.97 Å². The van der Waals surface area contributed by atoms with Crippen LogP contribution in [-0.2, 0) is 5.41 Å². The molecule has 0 aromatic carbocycles. The van der Waals surface area contributed by atoms with Crippen molar-refractivity contribution in [3.05, 3.63) is 60.2 Å². The van der Waals surface area contributed by atoms with Crippen LogP contribution in [0.5, 0.6) is 0 Å². The first-order valence-electron chi connectivity index (χ1n) is 6.73. The summed E-state index contributed by atoms with van der Waals surface area (Å²) in [5, 5.41) is 0. The quantitative estimate of drug-likeness (QED) is 0.796. The van der Waals surface area contributed by atoms with Gasteiger partial charge in [0.05, 0.1) is 0 Å². The number of aromatic nitrogens is 2. The molecule has 1 aliphatic carbocycles. The maximum atomic E-state index is 4.15. The summed E-state index contributed by atoms with van der Waals surface area (Å²) in [5.74, 6) is 0. The summed E-state index contributed by atoms with van der Waals surface area (Å²) in [6.07, 6.45) is 14.1. The minimum atomic E-state index is 0.185. The van der Waals surface area contributed by atoms with E-state index in [2.05, 4.69) is 34.2 Å². The molecule has 2 heteroatoms. The average Bonchev–Trinajstić information content (AvgIpc) is 2.50. The summed E-state index contributed by atoms with van der Waals surface area (Å²) in [6, 6.07) is 8.69. The Bertz CT molecular complexity index is 446. The van der Waals surface area contributed by atoms with Crippen LogP contribution >= 0.6 is 0 Å². The van der Waals surface area contributed by atoms with Gasteiger partial charge in [-0.15, -0.1) is 0 Å². The molecule has 18 heavy (non-hydrogen) atoms. The van der Waals surface area contributed by atoms with E-state index in [-0.39, 0.29) is 5.41 Å². The molecule has 0 amide bonds. The standard InChI is InChI=1S/C16H18N2/c1-2-8-16(9-3-1,14-4-10-17-11-5-14)15-6-12-18-13-7-15/h4-7,10-13H,1-3,8-9H2. The molecular weight excluding hydrogens is 220 g/mol. The summed E-state index contributed by atoms with van der Waals surface area (Å²) in [5.41, 5.74) is 3.00. The van der Waals surface area contributed by atoms with E-state index >= 15 is 0 Å². The van der Waals surface area contributed by atoms with Crippen LogP contribution in [0.4, 0.5) is 0 Å². The van der Waals surface area contributed by atoms with E-state index in [0.717, 1.165) is 0 Å². The second-order valence-corrected chi connectivity index (χ2v) is 5.11. The van der Waals surface area contributed by atoms with Gasteiger partial charge in [-0.05, 0) is 48.2 Å². The first kappa shape index (κ1) is 11.4. The first-order valence-corrected chi connectivity index (χ1v) is 6.73. The highest BCUT2D eigenvalue weighted by Crippen LogP contribution is 2.44. The van der Waals surface area contributed by atoms with Crippen LogP contribution in [0, 0.1) is 0 Å². The van der Waals surface area contributed by atoms with Crippen LogP contribution in [0.15, 0.2) is 49.1 Å². The van der Waals surface area contributed by atoms with Crippen LogP contribution in [0.3, 0.4) is 0 Å². The Labute approximate surface area is 108 Å². The average molecular weight is 238 g/mol. The van der Waals surface area contributed by atoms with Gasteiger partial charge < -0.3 is 0 Å². The maximum absolute atomic E-state index is 4.15. The second kappa shape index (κ2) is 4.89. The van der Waals surface area contributed by atoms with E-state index in [4.69, 9.17) is 0 Å². The fraction of sp³-hybridized carbons (Fsp3) is 0.375. The summed E-state index contributed by atoms with van der Waals surface area (Å²) >= 11 is 0. The number of pyridine rings is 2. The van der Waals surface area contributed by atoms with E-state index in [1.54, 1.807) is 0 Å². The molecule has 1 fully saturated rings. The molecule has 3 rings (SSSR count). The minimum absolute atomic E-state index is 0.185. The monoisotopic (exact) mass is 238 g/mol. The van der Waals surface area contributed by atoms with Crippen molar-refractivity contribution in [2.75, 3.05) is 0 Å². The molecule has 0 spiro atoms. The lowest BCUT2D eigenvalue weighted by molar-refractivity contribution is 0.345. The van der Waals surface area contributed by atoms with Crippen molar-refractivity contribution < 1.29 is 0 Å². The van der Waals surface area contributed by atoms with Crippen molar-refractivity contribution in [2.45, 2.75) is 37.5 Å². The van der Waals surface area contributed by atoms with Gasteiger partial charge in [0.15, 0.2) is 0 Å². The van der Waals surface area contributed by atoms with Crippen LogP contribution in [0.2, 0.25) is 0 Å². The fourth-order valence-electron chi connectivity index (χ4n) is 3.24. The molecule has 2 nitrogen and oxygen atoms in total. The van der Waals surface area contributed by atoms with E-state index in [9.17, 15) is 0 Å². The summed E-state index contributed by atoms with van der Waals surface area (Å²) in [6.45, 7) is 0. The zero-order chi connectivity index (χ0) is 12.3. The molecule has 0 saturated heterocycles. The molecule has 92 valence electrons. The van der Waals surface area contributed by atoms with E-state index in [0.29, 0.717) is 0 Å². The highest BCUT2D eigenvalue weighted by atomic mass is 14.6. The second-order valence-electron chi connectivity index (χ2n) is 5.11. The normalized spacial score (nSPS) is 18.4. The van der Waals surface area contributed by atoms with Gasteiger partial charge in [0.2, 0.25) is 0 Å². The summed E-state index contributed by atoms with van der Waals surface area (Å²) in [7, 11) is 0. The van der Waals surface area contributed by atoms with Crippen molar-refractivity contribution in [2.24, 2.45) is 0 Å². The zero-order valence-electron chi connectivity index (χ0n) is 10.5. The third-order valence-electron chi connectivity index (χ3n) is 4.17. The molecule has 0 radical (unpaired) electrons. The van der Waals surface area contributed by atoms with Gasteiger partial charge in [-0.25, -0.2) is 0 Å². The molecule has 2 aromatic rings. The first-order chi connectivity index (χ1) is 8.92. The third-order valence-corrected chi connectivity index (χ3v) is 4.17. The van der Waals surface area contributed by atoms with E-state index in [1.165, 1.54) is 43.2 Å². The summed E-state index contributed by atoms with van der Waals surface area (Å²) < 4.78 is 0. The van der Waals surface area contributed by atoms with Gasteiger partial charge >= 0.3 is 0 Å². The topological polar surface area (TPSA) is 25.8 Å². The highest BCUT2D eigenvalue weighted by molar-refractivity contribution is 5.37. The maximum Gasteiger partial charge on any atom is 0.0270 e. The zero-order valence-corrected chi connectivity index (χ0v) is 10.5. The molecular formula is C16H18N2. The molecule has 2 aromatic heterocycles. The Morgan fingerprint density at radius 2 is 1.11 bits per heavy atom. The van der Waals surface area contributed by atoms with Crippen LogP contribution < -0.4 is 0 Å². The lowest BCUT2D eigenvalue weighted by atomic mass is 9.66. The van der Waals surface area contributed by atoms with Crippen LogP contribution in [0.1, 0.15) is 43.2 Å². The van der Waals surface area contributed by atoms with E-state index in [1.807, 2.05) is 24.8 Å².